The molecule has 0 saturated heterocycles. The second-order valence-corrected chi connectivity index (χ2v) is 18.9. The van der Waals surface area contributed by atoms with Gasteiger partial charge in [0.15, 0.2) is 0 Å². The molecule has 0 amide bonds. The molecule has 0 atom stereocenters. The minimum absolute atomic E-state index is 0.863. The normalized spacial score (nSPS) is 12.6. The Hall–Kier alpha value is -9.92. The highest BCUT2D eigenvalue weighted by atomic mass is 14.8. The molecule has 0 unspecified atom stereocenters. The van der Waals surface area contributed by atoms with Gasteiger partial charge in [0.25, 0.3) is 0 Å². The van der Waals surface area contributed by atoms with E-state index in [9.17, 15) is 0 Å². The van der Waals surface area contributed by atoms with Gasteiger partial charge < -0.3 is 19.9 Å². The first-order valence-corrected chi connectivity index (χ1v) is 24.3. The van der Waals surface area contributed by atoms with Crippen LogP contribution < -0.4 is 0 Å². The van der Waals surface area contributed by atoms with Crippen molar-refractivity contribution in [2.75, 3.05) is 0 Å². The van der Waals surface area contributed by atoms with Crippen LogP contribution in [0, 0.1) is 0 Å². The molecule has 14 aromatic rings. The molecule has 16 bridgehead atoms. The second-order valence-electron chi connectivity index (χ2n) is 18.9. The third-order valence-corrected chi connectivity index (χ3v) is 14.7. The molecule has 0 saturated carbocycles. The van der Waals surface area contributed by atoms with Crippen molar-refractivity contribution >= 4 is 123 Å². The Bertz CT molecular complexity index is 4520. The topological polar surface area (TPSA) is 115 Å². The van der Waals surface area contributed by atoms with Gasteiger partial charge in [0, 0.05) is 87.7 Å². The van der Waals surface area contributed by atoms with E-state index in [2.05, 4.69) is 226 Å². The third kappa shape index (κ3) is 5.80. The number of aromatic nitrogens is 8. The van der Waals surface area contributed by atoms with E-state index in [1.165, 1.54) is 0 Å². The van der Waals surface area contributed by atoms with Crippen molar-refractivity contribution in [3.63, 3.8) is 0 Å². The maximum Gasteiger partial charge on any atom is 0.0818 e. The number of hydrogen-bond donors (Lipinski definition) is 4. The SMILES string of the molecule is C1=Cc2nc1cc1ccc([nH]1)c(-c1ccccc1)c1cc3c4cc5nc4c4c6[nH]c(cc6c6cc([nH]c6c4c3n1)c2-c1ccccc1)c(-c1ccccc1)c1nc(cc2ccc([nH]2)c5-c2ccccc2)C=C1. The summed E-state index contributed by atoms with van der Waals surface area (Å²) in [4.78, 5) is 38.0. The number of nitrogens with one attached hydrogen (secondary N) is 4. The van der Waals surface area contributed by atoms with Crippen LogP contribution in [0.1, 0.15) is 22.8 Å². The van der Waals surface area contributed by atoms with Gasteiger partial charge in [0.1, 0.15) is 0 Å². The summed E-state index contributed by atoms with van der Waals surface area (Å²) in [5, 5.41) is 6.16. The summed E-state index contributed by atoms with van der Waals surface area (Å²) in [5.41, 5.74) is 22.9. The zero-order chi connectivity index (χ0) is 47.0. The molecule has 0 radical (unpaired) electrons. The number of hydrogen-bond acceptors (Lipinski definition) is 4. The van der Waals surface area contributed by atoms with Crippen molar-refractivity contribution in [2.24, 2.45) is 0 Å². The number of fused-ring (bicyclic) bond motifs is 14. The molecule has 8 nitrogen and oxygen atoms in total. The van der Waals surface area contributed by atoms with E-state index in [0.717, 1.165) is 166 Å². The van der Waals surface area contributed by atoms with E-state index in [-0.39, 0.29) is 0 Å². The van der Waals surface area contributed by atoms with Gasteiger partial charge in [-0.05, 0) is 107 Å². The van der Waals surface area contributed by atoms with Crippen LogP contribution in [0.5, 0.6) is 0 Å². The molecule has 4 N–H and O–H groups in total. The Balaban J connectivity index is 1.21. The van der Waals surface area contributed by atoms with E-state index in [1.807, 2.05) is 0 Å². The standard InChI is InChI=1S/C64H38N8/c1-5-13-35(14-6-1)55-47-25-21-39(65-47)29-40-22-26-48(66-40)57(37-17-9-3-10-18-37)53-33-45-46-34-54-58(38-19-11-4-12-20-38)50-28-24-42(68-50)30-41-23-27-49(67-41)56(36-15-7-2-8-16-36)52-32-44-43-31-51(55)69-61(43)59(63(45)71-53)60(62(44)70-52)64(46)72-54/h1-34,65,67,71-72H. The maximum atomic E-state index is 5.83. The molecule has 16 rings (SSSR count). The van der Waals surface area contributed by atoms with Gasteiger partial charge >= 0.3 is 0 Å². The van der Waals surface area contributed by atoms with Gasteiger partial charge in [-0.25, -0.2) is 19.9 Å². The van der Waals surface area contributed by atoms with Gasteiger partial charge in [-0.1, -0.05) is 121 Å². The van der Waals surface area contributed by atoms with Gasteiger partial charge in [-0.15, -0.1) is 0 Å². The average molecular weight is 919 g/mol. The van der Waals surface area contributed by atoms with Crippen LogP contribution in [0.2, 0.25) is 0 Å². The van der Waals surface area contributed by atoms with Gasteiger partial charge in [0.05, 0.1) is 55.9 Å². The Kier molecular flexibility index (Phi) is 8.01. The van der Waals surface area contributed by atoms with E-state index >= 15 is 0 Å². The molecule has 0 aliphatic carbocycles. The first-order chi connectivity index (χ1) is 35.6. The Labute approximate surface area is 410 Å². The van der Waals surface area contributed by atoms with E-state index in [0.29, 0.717) is 0 Å². The molecule has 2 aliphatic heterocycles. The predicted octanol–water partition coefficient (Wildman–Crippen LogP) is 16.3. The minimum Gasteiger partial charge on any atom is -0.355 e. The highest BCUT2D eigenvalue weighted by molar-refractivity contribution is 6.39. The molecule has 0 spiro atoms. The van der Waals surface area contributed by atoms with E-state index in [1.54, 1.807) is 0 Å². The van der Waals surface area contributed by atoms with Crippen LogP contribution in [0.15, 0.2) is 182 Å². The average Bonchev–Trinajstić information content (AvgIpc) is 4.27. The van der Waals surface area contributed by atoms with Crippen molar-refractivity contribution in [3.05, 3.63) is 205 Å². The zero-order valence-corrected chi connectivity index (χ0v) is 38.4. The molecule has 2 aliphatic rings. The highest BCUT2D eigenvalue weighted by Gasteiger charge is 2.25. The summed E-state index contributed by atoms with van der Waals surface area (Å²) in [6.07, 6.45) is 8.48. The fraction of sp³-hybridized carbons (Fsp3) is 0. The van der Waals surface area contributed by atoms with Crippen molar-refractivity contribution in [1.29, 1.82) is 0 Å². The summed E-state index contributed by atoms with van der Waals surface area (Å²) in [6.45, 7) is 0. The lowest BCUT2D eigenvalue weighted by molar-refractivity contribution is 1.32. The fourth-order valence-corrected chi connectivity index (χ4v) is 11.6. The summed E-state index contributed by atoms with van der Waals surface area (Å²) in [7, 11) is 0. The number of rotatable bonds is 4. The van der Waals surface area contributed by atoms with Crippen molar-refractivity contribution in [3.8, 4) is 44.5 Å². The van der Waals surface area contributed by atoms with Gasteiger partial charge in [-0.3, -0.25) is 0 Å². The Morgan fingerprint density at radius 2 is 0.681 bits per heavy atom. The maximum absolute atomic E-state index is 5.83. The van der Waals surface area contributed by atoms with Crippen molar-refractivity contribution < 1.29 is 0 Å². The van der Waals surface area contributed by atoms with Crippen LogP contribution >= 0.6 is 0 Å². The molecule has 334 valence electrons. The van der Waals surface area contributed by atoms with Crippen LogP contribution in [-0.4, -0.2) is 39.9 Å². The Morgan fingerprint density at radius 1 is 0.292 bits per heavy atom. The molecule has 0 fully saturated rings. The lowest BCUT2D eigenvalue weighted by Crippen LogP contribution is -1.87. The summed E-state index contributed by atoms with van der Waals surface area (Å²) in [5.74, 6) is 0. The third-order valence-electron chi connectivity index (χ3n) is 14.7. The summed E-state index contributed by atoms with van der Waals surface area (Å²) < 4.78 is 0. The monoisotopic (exact) mass is 918 g/mol. The number of H-pyrrole nitrogens is 4. The predicted molar refractivity (Wildman–Crippen MR) is 299 cm³/mol. The van der Waals surface area contributed by atoms with Gasteiger partial charge in [0.2, 0.25) is 0 Å². The summed E-state index contributed by atoms with van der Waals surface area (Å²) in [6, 6.07) is 64.4. The van der Waals surface area contributed by atoms with E-state index in [4.69, 9.17) is 19.9 Å². The minimum atomic E-state index is 0.863. The molecular weight excluding hydrogens is 881 g/mol. The molecule has 10 heterocycles. The Morgan fingerprint density at radius 3 is 1.08 bits per heavy atom. The highest BCUT2D eigenvalue weighted by Crippen LogP contribution is 2.48. The van der Waals surface area contributed by atoms with Gasteiger partial charge in [-0.2, -0.15) is 0 Å². The van der Waals surface area contributed by atoms with Crippen LogP contribution in [0.3, 0.4) is 0 Å². The molecule has 72 heavy (non-hydrogen) atoms. The number of aromatic amines is 4. The smallest absolute Gasteiger partial charge is 0.0818 e. The molecular formula is C64H38N8. The van der Waals surface area contributed by atoms with Crippen LogP contribution in [0.25, 0.3) is 167 Å². The lowest BCUT2D eigenvalue weighted by atomic mass is 9.97. The quantitative estimate of drug-likeness (QED) is 0.141. The first-order valence-electron chi connectivity index (χ1n) is 24.3. The summed E-state index contributed by atoms with van der Waals surface area (Å²) >= 11 is 0. The van der Waals surface area contributed by atoms with E-state index < -0.39 is 0 Å². The zero-order valence-electron chi connectivity index (χ0n) is 38.4. The molecule has 6 aromatic carbocycles. The lowest BCUT2D eigenvalue weighted by Gasteiger charge is -2.07. The fourth-order valence-electron chi connectivity index (χ4n) is 11.6. The van der Waals surface area contributed by atoms with Crippen LogP contribution in [-0.2, 0) is 0 Å². The molecule has 8 heteroatoms. The van der Waals surface area contributed by atoms with Crippen molar-refractivity contribution in [1.82, 2.24) is 39.9 Å². The van der Waals surface area contributed by atoms with Crippen molar-refractivity contribution in [2.45, 2.75) is 0 Å². The van der Waals surface area contributed by atoms with Crippen LogP contribution in [0.4, 0.5) is 0 Å². The number of nitrogens with zero attached hydrogens (tertiary/aromatic N) is 4. The molecule has 8 aromatic heterocycles. The number of benzene rings is 6. The largest absolute Gasteiger partial charge is 0.355 e. The first kappa shape index (κ1) is 39.0. The second kappa shape index (κ2) is 14.8.